The van der Waals surface area contributed by atoms with E-state index in [1.807, 2.05) is 12.1 Å². The lowest BCUT2D eigenvalue weighted by Crippen LogP contribution is -2.04. The molecule has 0 fully saturated rings. The molecular formula is C14H19NO. The minimum atomic E-state index is -0.449. The molecule has 0 aliphatic carbocycles. The van der Waals surface area contributed by atoms with E-state index in [-0.39, 0.29) is 0 Å². The maximum Gasteiger partial charge on any atom is 0.0991 e. The van der Waals surface area contributed by atoms with Crippen LogP contribution in [0, 0.1) is 17.2 Å². The third-order valence-electron chi connectivity index (χ3n) is 2.81. The van der Waals surface area contributed by atoms with E-state index >= 15 is 0 Å². The minimum Gasteiger partial charge on any atom is -0.388 e. The second-order valence-electron chi connectivity index (χ2n) is 4.38. The highest BCUT2D eigenvalue weighted by molar-refractivity contribution is 5.33. The van der Waals surface area contributed by atoms with Crippen LogP contribution in [0.3, 0.4) is 0 Å². The Morgan fingerprint density at radius 2 is 2.19 bits per heavy atom. The van der Waals surface area contributed by atoms with Gasteiger partial charge >= 0.3 is 0 Å². The molecule has 0 radical (unpaired) electrons. The zero-order chi connectivity index (χ0) is 12.0. The quantitative estimate of drug-likeness (QED) is 0.821. The van der Waals surface area contributed by atoms with Gasteiger partial charge in [0.1, 0.15) is 0 Å². The lowest BCUT2D eigenvalue weighted by molar-refractivity contribution is 0.145. The Hall–Kier alpha value is -1.33. The Labute approximate surface area is 97.5 Å². The monoisotopic (exact) mass is 217 g/mol. The SMILES string of the molecule is CCCC(C)CC(O)c1cccc(C#N)c1. The van der Waals surface area contributed by atoms with Crippen LogP contribution in [0.5, 0.6) is 0 Å². The van der Waals surface area contributed by atoms with Gasteiger partial charge in [0.15, 0.2) is 0 Å². The van der Waals surface area contributed by atoms with E-state index in [0.29, 0.717) is 11.5 Å². The molecule has 86 valence electrons. The molecule has 0 aliphatic heterocycles. The van der Waals surface area contributed by atoms with Crippen molar-refractivity contribution in [1.29, 1.82) is 5.26 Å². The van der Waals surface area contributed by atoms with E-state index in [4.69, 9.17) is 5.26 Å². The average molecular weight is 217 g/mol. The number of hydrogen-bond acceptors (Lipinski definition) is 2. The molecule has 0 saturated carbocycles. The van der Waals surface area contributed by atoms with Crippen molar-refractivity contribution in [3.05, 3.63) is 35.4 Å². The van der Waals surface area contributed by atoms with Crippen LogP contribution in [0.2, 0.25) is 0 Å². The van der Waals surface area contributed by atoms with Gasteiger partial charge in [-0.2, -0.15) is 5.26 Å². The van der Waals surface area contributed by atoms with Crippen molar-refractivity contribution >= 4 is 0 Å². The summed E-state index contributed by atoms with van der Waals surface area (Å²) in [5, 5.41) is 18.8. The predicted octanol–water partition coefficient (Wildman–Crippen LogP) is 3.42. The smallest absolute Gasteiger partial charge is 0.0991 e. The summed E-state index contributed by atoms with van der Waals surface area (Å²) in [5.41, 5.74) is 1.46. The van der Waals surface area contributed by atoms with Gasteiger partial charge in [0.05, 0.1) is 17.7 Å². The van der Waals surface area contributed by atoms with Gasteiger partial charge in [-0.05, 0) is 30.0 Å². The fourth-order valence-corrected chi connectivity index (χ4v) is 1.94. The average Bonchev–Trinajstić information content (AvgIpc) is 2.29. The van der Waals surface area contributed by atoms with Crippen molar-refractivity contribution in [2.45, 2.75) is 39.2 Å². The first-order valence-corrected chi connectivity index (χ1v) is 5.85. The van der Waals surface area contributed by atoms with Crippen LogP contribution in [0.15, 0.2) is 24.3 Å². The number of benzene rings is 1. The van der Waals surface area contributed by atoms with Crippen molar-refractivity contribution < 1.29 is 5.11 Å². The zero-order valence-corrected chi connectivity index (χ0v) is 9.98. The molecule has 1 rings (SSSR count). The molecule has 2 nitrogen and oxygen atoms in total. The van der Waals surface area contributed by atoms with Gasteiger partial charge in [0.25, 0.3) is 0 Å². The van der Waals surface area contributed by atoms with Crippen LogP contribution >= 0.6 is 0 Å². The summed E-state index contributed by atoms with van der Waals surface area (Å²) in [5.74, 6) is 0.519. The number of nitrogens with zero attached hydrogens (tertiary/aromatic N) is 1. The highest BCUT2D eigenvalue weighted by atomic mass is 16.3. The number of hydrogen-bond donors (Lipinski definition) is 1. The van der Waals surface area contributed by atoms with Gasteiger partial charge in [-0.3, -0.25) is 0 Å². The topological polar surface area (TPSA) is 44.0 Å². The zero-order valence-electron chi connectivity index (χ0n) is 9.98. The first kappa shape index (κ1) is 12.7. The molecular weight excluding hydrogens is 198 g/mol. The molecule has 0 aliphatic rings. The molecule has 2 unspecified atom stereocenters. The highest BCUT2D eigenvalue weighted by Crippen LogP contribution is 2.24. The van der Waals surface area contributed by atoms with Gasteiger partial charge in [0.2, 0.25) is 0 Å². The number of aliphatic hydroxyl groups is 1. The van der Waals surface area contributed by atoms with Crippen molar-refractivity contribution in [3.8, 4) is 6.07 Å². The molecule has 2 atom stereocenters. The number of rotatable bonds is 5. The summed E-state index contributed by atoms with van der Waals surface area (Å²) in [6.45, 7) is 4.31. The Kier molecular flexibility index (Phi) is 5.01. The van der Waals surface area contributed by atoms with Gasteiger partial charge in [-0.25, -0.2) is 0 Å². The molecule has 1 N–H and O–H groups in total. The summed E-state index contributed by atoms with van der Waals surface area (Å²) in [7, 11) is 0. The van der Waals surface area contributed by atoms with E-state index in [9.17, 15) is 5.11 Å². The Balaban J connectivity index is 2.65. The fourth-order valence-electron chi connectivity index (χ4n) is 1.94. The van der Waals surface area contributed by atoms with Gasteiger partial charge in [0, 0.05) is 0 Å². The van der Waals surface area contributed by atoms with Crippen molar-refractivity contribution in [2.75, 3.05) is 0 Å². The number of aliphatic hydroxyl groups excluding tert-OH is 1. The lowest BCUT2D eigenvalue weighted by atomic mass is 9.94. The summed E-state index contributed by atoms with van der Waals surface area (Å²) >= 11 is 0. The molecule has 0 heterocycles. The first-order valence-electron chi connectivity index (χ1n) is 5.85. The number of nitriles is 1. The molecule has 2 heteroatoms. The van der Waals surface area contributed by atoms with E-state index in [2.05, 4.69) is 19.9 Å². The lowest BCUT2D eigenvalue weighted by Gasteiger charge is -2.16. The normalized spacial score (nSPS) is 14.1. The maximum absolute atomic E-state index is 10.0. The van der Waals surface area contributed by atoms with E-state index in [1.165, 1.54) is 0 Å². The van der Waals surface area contributed by atoms with E-state index in [0.717, 1.165) is 24.8 Å². The predicted molar refractivity (Wildman–Crippen MR) is 64.8 cm³/mol. The van der Waals surface area contributed by atoms with Crippen molar-refractivity contribution in [3.63, 3.8) is 0 Å². The second-order valence-corrected chi connectivity index (χ2v) is 4.38. The summed E-state index contributed by atoms with van der Waals surface area (Å²) in [4.78, 5) is 0. The van der Waals surface area contributed by atoms with E-state index in [1.54, 1.807) is 12.1 Å². The summed E-state index contributed by atoms with van der Waals surface area (Å²) in [6.07, 6.45) is 2.60. The van der Waals surface area contributed by atoms with Crippen LogP contribution < -0.4 is 0 Å². The van der Waals surface area contributed by atoms with E-state index < -0.39 is 6.10 Å². The van der Waals surface area contributed by atoms with Gasteiger partial charge in [-0.15, -0.1) is 0 Å². The Bertz CT molecular complexity index is 367. The van der Waals surface area contributed by atoms with Gasteiger partial charge < -0.3 is 5.11 Å². The molecule has 1 aromatic carbocycles. The van der Waals surface area contributed by atoms with Crippen LogP contribution in [0.25, 0.3) is 0 Å². The Morgan fingerprint density at radius 1 is 1.44 bits per heavy atom. The summed E-state index contributed by atoms with van der Waals surface area (Å²) < 4.78 is 0. The van der Waals surface area contributed by atoms with Crippen LogP contribution in [-0.4, -0.2) is 5.11 Å². The maximum atomic E-state index is 10.0. The van der Waals surface area contributed by atoms with Crippen molar-refractivity contribution in [1.82, 2.24) is 0 Å². The third-order valence-corrected chi connectivity index (χ3v) is 2.81. The molecule has 0 bridgehead atoms. The molecule has 1 aromatic rings. The molecule has 0 spiro atoms. The third kappa shape index (κ3) is 3.67. The molecule has 0 aromatic heterocycles. The second kappa shape index (κ2) is 6.30. The van der Waals surface area contributed by atoms with Crippen LogP contribution in [0.4, 0.5) is 0 Å². The summed E-state index contributed by atoms with van der Waals surface area (Å²) in [6, 6.07) is 9.31. The largest absolute Gasteiger partial charge is 0.388 e. The Morgan fingerprint density at radius 3 is 2.81 bits per heavy atom. The van der Waals surface area contributed by atoms with Crippen molar-refractivity contribution in [2.24, 2.45) is 5.92 Å². The molecule has 0 saturated heterocycles. The fraction of sp³-hybridized carbons (Fsp3) is 0.500. The first-order chi connectivity index (χ1) is 7.67. The standard InChI is InChI=1S/C14H19NO/c1-3-5-11(2)8-14(16)13-7-4-6-12(9-13)10-15/h4,6-7,9,11,14,16H,3,5,8H2,1-2H3. The van der Waals surface area contributed by atoms with Crippen LogP contribution in [-0.2, 0) is 0 Å². The highest BCUT2D eigenvalue weighted by Gasteiger charge is 2.12. The molecule has 0 amide bonds. The minimum absolute atomic E-state index is 0.449. The van der Waals surface area contributed by atoms with Gasteiger partial charge in [-0.1, -0.05) is 38.8 Å². The van der Waals surface area contributed by atoms with Crippen LogP contribution in [0.1, 0.15) is 50.3 Å². The molecule has 16 heavy (non-hydrogen) atoms.